The van der Waals surface area contributed by atoms with E-state index in [9.17, 15) is 9.59 Å². The van der Waals surface area contributed by atoms with Crippen LogP contribution in [0, 0.1) is 5.92 Å². The van der Waals surface area contributed by atoms with Crippen LogP contribution < -0.4 is 15.5 Å². The average Bonchev–Trinajstić information content (AvgIpc) is 2.65. The Labute approximate surface area is 155 Å². The quantitative estimate of drug-likeness (QED) is 0.804. The monoisotopic (exact) mass is 353 g/mol. The van der Waals surface area contributed by atoms with Gasteiger partial charge in [0.1, 0.15) is 0 Å². The van der Waals surface area contributed by atoms with E-state index in [2.05, 4.69) is 36.4 Å². The van der Waals surface area contributed by atoms with E-state index in [1.807, 2.05) is 36.4 Å². The Morgan fingerprint density at radius 3 is 2.31 bits per heavy atom. The molecule has 0 saturated heterocycles. The molecule has 0 heterocycles. The van der Waals surface area contributed by atoms with Crippen LogP contribution >= 0.6 is 0 Å². The maximum Gasteiger partial charge on any atom is 0.251 e. The second-order valence-electron chi connectivity index (χ2n) is 6.78. The molecule has 2 aromatic carbocycles. The molecule has 0 aliphatic heterocycles. The third kappa shape index (κ3) is 5.34. The first kappa shape index (κ1) is 19.5. The van der Waals surface area contributed by atoms with Gasteiger partial charge in [0.25, 0.3) is 11.8 Å². The first-order valence-corrected chi connectivity index (χ1v) is 8.81. The van der Waals surface area contributed by atoms with Gasteiger partial charge >= 0.3 is 0 Å². The summed E-state index contributed by atoms with van der Waals surface area (Å²) in [4.78, 5) is 26.2. The molecule has 2 aromatic rings. The molecular weight excluding hydrogens is 326 g/mol. The smallest absolute Gasteiger partial charge is 0.251 e. The summed E-state index contributed by atoms with van der Waals surface area (Å²) >= 11 is 0. The molecular formula is C21H27N3O2. The minimum Gasteiger partial charge on any atom is -0.374 e. The van der Waals surface area contributed by atoms with Crippen LogP contribution in [0.25, 0.3) is 0 Å². The van der Waals surface area contributed by atoms with E-state index in [1.165, 1.54) is 0 Å². The van der Waals surface area contributed by atoms with Crippen molar-refractivity contribution >= 4 is 17.5 Å². The number of benzene rings is 2. The second kappa shape index (κ2) is 9.04. The molecule has 2 rings (SSSR count). The zero-order valence-corrected chi connectivity index (χ0v) is 15.9. The molecule has 0 saturated carbocycles. The van der Waals surface area contributed by atoms with Crippen LogP contribution in [0.2, 0.25) is 0 Å². The van der Waals surface area contributed by atoms with Crippen LogP contribution in [0.3, 0.4) is 0 Å². The van der Waals surface area contributed by atoms with Crippen molar-refractivity contribution in [3.05, 3.63) is 65.2 Å². The molecule has 0 radical (unpaired) electrons. The van der Waals surface area contributed by atoms with Gasteiger partial charge in [-0.05, 0) is 47.9 Å². The molecule has 2 N–H and O–H groups in total. The third-order valence-corrected chi connectivity index (χ3v) is 4.08. The van der Waals surface area contributed by atoms with Crippen molar-refractivity contribution in [1.82, 2.24) is 10.6 Å². The Hall–Kier alpha value is -2.82. The van der Waals surface area contributed by atoms with Crippen LogP contribution in [0.5, 0.6) is 0 Å². The van der Waals surface area contributed by atoms with E-state index in [4.69, 9.17) is 0 Å². The van der Waals surface area contributed by atoms with Gasteiger partial charge in [-0.25, -0.2) is 0 Å². The highest BCUT2D eigenvalue weighted by Gasteiger charge is 2.09. The summed E-state index contributed by atoms with van der Waals surface area (Å²) in [5.41, 5.74) is 3.17. The molecule has 26 heavy (non-hydrogen) atoms. The van der Waals surface area contributed by atoms with Crippen LogP contribution in [0.1, 0.15) is 40.1 Å². The molecule has 0 unspecified atom stereocenters. The first-order chi connectivity index (χ1) is 12.4. The maximum atomic E-state index is 12.3. The fraction of sp³-hybridized carbons (Fsp3) is 0.333. The highest BCUT2D eigenvalue weighted by Crippen LogP contribution is 2.15. The van der Waals surface area contributed by atoms with Crippen LogP contribution in [0.4, 0.5) is 5.69 Å². The topological polar surface area (TPSA) is 61.4 Å². The Balaban J connectivity index is 1.97. The largest absolute Gasteiger partial charge is 0.374 e. The lowest BCUT2D eigenvalue weighted by Crippen LogP contribution is -2.24. The summed E-state index contributed by atoms with van der Waals surface area (Å²) in [6.45, 7) is 5.70. The molecule has 0 aromatic heterocycles. The summed E-state index contributed by atoms with van der Waals surface area (Å²) in [7, 11) is 3.65. The molecule has 138 valence electrons. The van der Waals surface area contributed by atoms with Crippen molar-refractivity contribution in [2.45, 2.75) is 20.4 Å². The fourth-order valence-electron chi connectivity index (χ4n) is 2.77. The number of hydrogen-bond acceptors (Lipinski definition) is 3. The summed E-state index contributed by atoms with van der Waals surface area (Å²) in [5, 5.41) is 5.49. The predicted molar refractivity (Wildman–Crippen MR) is 106 cm³/mol. The van der Waals surface area contributed by atoms with Gasteiger partial charge in [0.05, 0.1) is 0 Å². The number of carbonyl (C=O) groups excluding carboxylic acids is 2. The summed E-state index contributed by atoms with van der Waals surface area (Å²) < 4.78 is 0. The summed E-state index contributed by atoms with van der Waals surface area (Å²) in [6.07, 6.45) is 0. The second-order valence-corrected chi connectivity index (χ2v) is 6.78. The maximum absolute atomic E-state index is 12.3. The van der Waals surface area contributed by atoms with Gasteiger partial charge in [-0.3, -0.25) is 9.59 Å². The van der Waals surface area contributed by atoms with Crippen molar-refractivity contribution < 1.29 is 9.59 Å². The Kier molecular flexibility index (Phi) is 6.78. The lowest BCUT2D eigenvalue weighted by atomic mass is 10.1. The van der Waals surface area contributed by atoms with Crippen molar-refractivity contribution in [2.24, 2.45) is 5.92 Å². The summed E-state index contributed by atoms with van der Waals surface area (Å²) in [5.74, 6) is 0.307. The molecule has 0 aliphatic carbocycles. The van der Waals surface area contributed by atoms with Crippen LogP contribution in [-0.2, 0) is 6.54 Å². The molecule has 0 spiro atoms. The average molecular weight is 353 g/mol. The van der Waals surface area contributed by atoms with Gasteiger partial charge < -0.3 is 15.5 Å². The van der Waals surface area contributed by atoms with Gasteiger partial charge in [-0.15, -0.1) is 0 Å². The van der Waals surface area contributed by atoms with E-state index >= 15 is 0 Å². The highest BCUT2D eigenvalue weighted by molar-refractivity contribution is 5.95. The molecule has 0 aliphatic rings. The van der Waals surface area contributed by atoms with E-state index in [0.717, 1.165) is 17.8 Å². The minimum atomic E-state index is -0.140. The fourth-order valence-corrected chi connectivity index (χ4v) is 2.77. The first-order valence-electron chi connectivity index (χ1n) is 8.81. The van der Waals surface area contributed by atoms with E-state index in [-0.39, 0.29) is 11.8 Å². The van der Waals surface area contributed by atoms with E-state index in [1.54, 1.807) is 19.2 Å². The molecule has 5 nitrogen and oxygen atoms in total. The lowest BCUT2D eigenvalue weighted by Gasteiger charge is -2.21. The zero-order valence-electron chi connectivity index (χ0n) is 15.9. The molecule has 5 heteroatoms. The van der Waals surface area contributed by atoms with E-state index < -0.39 is 0 Å². The molecule has 0 fully saturated rings. The van der Waals surface area contributed by atoms with Crippen LogP contribution in [-0.4, -0.2) is 32.5 Å². The van der Waals surface area contributed by atoms with Gasteiger partial charge in [0.2, 0.25) is 0 Å². The van der Waals surface area contributed by atoms with E-state index in [0.29, 0.717) is 23.6 Å². The highest BCUT2D eigenvalue weighted by atomic mass is 16.2. The van der Waals surface area contributed by atoms with Crippen molar-refractivity contribution in [3.8, 4) is 0 Å². The third-order valence-electron chi connectivity index (χ3n) is 4.08. The Bertz CT molecular complexity index is 754. The van der Waals surface area contributed by atoms with Crippen LogP contribution in [0.15, 0.2) is 48.5 Å². The summed E-state index contributed by atoms with van der Waals surface area (Å²) in [6, 6.07) is 14.8. The van der Waals surface area contributed by atoms with Crippen molar-refractivity contribution in [1.29, 1.82) is 0 Å². The van der Waals surface area contributed by atoms with Gasteiger partial charge in [0, 0.05) is 44.0 Å². The number of nitrogens with zero attached hydrogens (tertiary/aromatic N) is 1. The van der Waals surface area contributed by atoms with Crippen molar-refractivity contribution in [3.63, 3.8) is 0 Å². The molecule has 2 amide bonds. The number of rotatable bonds is 7. The van der Waals surface area contributed by atoms with Gasteiger partial charge in [0.15, 0.2) is 0 Å². The molecule has 0 atom stereocenters. The Morgan fingerprint density at radius 1 is 1.00 bits per heavy atom. The standard InChI is InChI=1S/C21H27N3O2/c1-15(2)14-24(4)19-10-8-17(9-11-19)21(26)23-13-16-6-5-7-18(12-16)20(25)22-3/h5-12,15H,13-14H2,1-4H3,(H,22,25)(H,23,26). The van der Waals surface area contributed by atoms with Gasteiger partial charge in [-0.1, -0.05) is 26.0 Å². The molecule has 0 bridgehead atoms. The van der Waals surface area contributed by atoms with Gasteiger partial charge in [-0.2, -0.15) is 0 Å². The number of carbonyl (C=O) groups is 2. The Morgan fingerprint density at radius 2 is 1.69 bits per heavy atom. The lowest BCUT2D eigenvalue weighted by molar-refractivity contribution is 0.0948. The predicted octanol–water partition coefficient (Wildman–Crippen LogP) is 3.07. The zero-order chi connectivity index (χ0) is 19.1. The normalized spacial score (nSPS) is 10.5. The number of nitrogens with one attached hydrogen (secondary N) is 2. The minimum absolute atomic E-state index is 0.131. The SMILES string of the molecule is CNC(=O)c1cccc(CNC(=O)c2ccc(N(C)CC(C)C)cc2)c1. The number of amides is 2. The number of anilines is 1. The number of hydrogen-bond donors (Lipinski definition) is 2. The van der Waals surface area contributed by atoms with Crippen molar-refractivity contribution in [2.75, 3.05) is 25.5 Å².